The standard InChI is InChI=1S/C21H18F2N4O/c1-14(21(28)25-12-16-8-18(22)10-19(23)9-16)3-2-6-27-20-5-4-15(11-24)7-17(20)13-26-27/h4-5,7-10,13H,1-3,6,12H2,(H,25,28). The van der Waals surface area contributed by atoms with Crippen LogP contribution >= 0.6 is 0 Å². The molecule has 0 bridgehead atoms. The van der Waals surface area contributed by atoms with Crippen LogP contribution in [0.2, 0.25) is 0 Å². The highest BCUT2D eigenvalue weighted by Crippen LogP contribution is 2.16. The van der Waals surface area contributed by atoms with E-state index in [9.17, 15) is 13.6 Å². The summed E-state index contributed by atoms with van der Waals surface area (Å²) in [5.41, 5.74) is 2.23. The van der Waals surface area contributed by atoms with Crippen molar-refractivity contribution in [3.05, 3.63) is 77.5 Å². The van der Waals surface area contributed by atoms with Crippen LogP contribution in [-0.2, 0) is 17.9 Å². The molecule has 0 saturated carbocycles. The van der Waals surface area contributed by atoms with Gasteiger partial charge in [-0.1, -0.05) is 6.58 Å². The molecule has 7 heteroatoms. The molecule has 142 valence electrons. The fourth-order valence-electron chi connectivity index (χ4n) is 2.91. The summed E-state index contributed by atoms with van der Waals surface area (Å²) in [6.07, 6.45) is 2.81. The summed E-state index contributed by atoms with van der Waals surface area (Å²) in [7, 11) is 0. The summed E-state index contributed by atoms with van der Waals surface area (Å²) in [6.45, 7) is 4.40. The highest BCUT2D eigenvalue weighted by molar-refractivity contribution is 5.92. The van der Waals surface area contributed by atoms with Crippen molar-refractivity contribution in [2.45, 2.75) is 25.9 Å². The maximum absolute atomic E-state index is 13.2. The third-order valence-corrected chi connectivity index (χ3v) is 4.32. The maximum atomic E-state index is 13.2. The van der Waals surface area contributed by atoms with Crippen molar-refractivity contribution in [1.29, 1.82) is 5.26 Å². The number of rotatable bonds is 7. The van der Waals surface area contributed by atoms with Gasteiger partial charge in [-0.25, -0.2) is 8.78 Å². The number of hydrogen-bond donors (Lipinski definition) is 1. The van der Waals surface area contributed by atoms with Crippen molar-refractivity contribution >= 4 is 16.8 Å². The number of amides is 1. The normalized spacial score (nSPS) is 10.6. The Hall–Kier alpha value is -3.53. The Morgan fingerprint density at radius 3 is 2.68 bits per heavy atom. The number of nitrogens with zero attached hydrogens (tertiary/aromatic N) is 3. The van der Waals surface area contributed by atoms with Gasteiger partial charge < -0.3 is 5.32 Å². The van der Waals surface area contributed by atoms with Crippen LogP contribution in [0.15, 0.2) is 54.7 Å². The van der Waals surface area contributed by atoms with Crippen molar-refractivity contribution in [3.8, 4) is 6.07 Å². The fraction of sp³-hybridized carbons (Fsp3) is 0.190. The quantitative estimate of drug-likeness (QED) is 0.633. The van der Waals surface area contributed by atoms with E-state index in [2.05, 4.69) is 23.1 Å². The molecule has 0 aliphatic rings. The van der Waals surface area contributed by atoms with Crippen LogP contribution in [0.25, 0.3) is 10.9 Å². The zero-order chi connectivity index (χ0) is 20.1. The largest absolute Gasteiger partial charge is 0.348 e. The van der Waals surface area contributed by atoms with Gasteiger partial charge >= 0.3 is 0 Å². The Morgan fingerprint density at radius 1 is 1.21 bits per heavy atom. The van der Waals surface area contributed by atoms with Gasteiger partial charge in [0, 0.05) is 30.1 Å². The van der Waals surface area contributed by atoms with Crippen molar-refractivity contribution < 1.29 is 13.6 Å². The number of hydrogen-bond acceptors (Lipinski definition) is 3. The number of nitriles is 1. The van der Waals surface area contributed by atoms with Crippen LogP contribution in [0.4, 0.5) is 8.78 Å². The Morgan fingerprint density at radius 2 is 1.96 bits per heavy atom. The van der Waals surface area contributed by atoms with E-state index in [1.807, 2.05) is 10.7 Å². The molecule has 3 aromatic rings. The first-order valence-electron chi connectivity index (χ1n) is 8.73. The van der Waals surface area contributed by atoms with Gasteiger partial charge in [-0.15, -0.1) is 0 Å². The summed E-state index contributed by atoms with van der Waals surface area (Å²) in [5, 5.41) is 16.8. The van der Waals surface area contributed by atoms with Gasteiger partial charge in [0.2, 0.25) is 5.91 Å². The number of nitrogens with one attached hydrogen (secondary N) is 1. The summed E-state index contributed by atoms with van der Waals surface area (Å²) >= 11 is 0. The molecule has 1 heterocycles. The molecule has 0 atom stereocenters. The predicted molar refractivity (Wildman–Crippen MR) is 101 cm³/mol. The Labute approximate surface area is 160 Å². The molecule has 0 aliphatic heterocycles. The molecule has 28 heavy (non-hydrogen) atoms. The van der Waals surface area contributed by atoms with Crippen LogP contribution in [0.1, 0.15) is 24.0 Å². The Balaban J connectivity index is 1.50. The first-order valence-corrected chi connectivity index (χ1v) is 8.73. The molecule has 0 aliphatic carbocycles. The molecule has 2 aromatic carbocycles. The molecule has 5 nitrogen and oxygen atoms in total. The lowest BCUT2D eigenvalue weighted by Crippen LogP contribution is -2.24. The first-order chi connectivity index (χ1) is 13.5. The molecule has 3 rings (SSSR count). The molecule has 1 aromatic heterocycles. The van der Waals surface area contributed by atoms with E-state index in [1.54, 1.807) is 18.3 Å². The van der Waals surface area contributed by atoms with E-state index >= 15 is 0 Å². The van der Waals surface area contributed by atoms with Gasteiger partial charge in [0.15, 0.2) is 0 Å². The minimum atomic E-state index is -0.684. The van der Waals surface area contributed by atoms with Gasteiger partial charge in [0.1, 0.15) is 11.6 Å². The minimum Gasteiger partial charge on any atom is -0.348 e. The number of aromatic nitrogens is 2. The van der Waals surface area contributed by atoms with E-state index in [-0.39, 0.29) is 12.5 Å². The maximum Gasteiger partial charge on any atom is 0.246 e. The van der Waals surface area contributed by atoms with E-state index in [0.717, 1.165) is 17.0 Å². The molecule has 0 radical (unpaired) electrons. The average molecular weight is 380 g/mol. The summed E-state index contributed by atoms with van der Waals surface area (Å²) in [6, 6.07) is 10.6. The fourth-order valence-corrected chi connectivity index (χ4v) is 2.91. The lowest BCUT2D eigenvalue weighted by molar-refractivity contribution is -0.117. The zero-order valence-electron chi connectivity index (χ0n) is 15.1. The first kappa shape index (κ1) is 19.2. The number of benzene rings is 2. The molecule has 0 unspecified atom stereocenters. The van der Waals surface area contributed by atoms with E-state index in [1.165, 1.54) is 12.1 Å². The number of halogens is 2. The van der Waals surface area contributed by atoms with Gasteiger partial charge in [0.05, 0.1) is 23.3 Å². The molecule has 1 amide bonds. The zero-order valence-corrected chi connectivity index (χ0v) is 15.1. The van der Waals surface area contributed by atoms with E-state index < -0.39 is 11.6 Å². The number of aryl methyl sites for hydroxylation is 1. The Bertz CT molecular complexity index is 1060. The summed E-state index contributed by atoms with van der Waals surface area (Å²) in [5.74, 6) is -1.72. The third-order valence-electron chi connectivity index (χ3n) is 4.32. The van der Waals surface area contributed by atoms with Gasteiger partial charge in [-0.3, -0.25) is 9.48 Å². The van der Waals surface area contributed by atoms with Crippen LogP contribution in [0.5, 0.6) is 0 Å². The molecule has 0 spiro atoms. The van der Waals surface area contributed by atoms with Crippen LogP contribution in [-0.4, -0.2) is 15.7 Å². The van der Waals surface area contributed by atoms with Gasteiger partial charge in [-0.2, -0.15) is 10.4 Å². The average Bonchev–Trinajstić information content (AvgIpc) is 3.07. The SMILES string of the molecule is C=C(CCCn1ncc2cc(C#N)ccc21)C(=O)NCc1cc(F)cc(F)c1. The van der Waals surface area contributed by atoms with Crippen molar-refractivity contribution in [2.24, 2.45) is 0 Å². The molecule has 0 saturated heterocycles. The molecule has 1 N–H and O–H groups in total. The van der Waals surface area contributed by atoms with Crippen molar-refractivity contribution in [2.75, 3.05) is 0 Å². The predicted octanol–water partition coefficient (Wildman–Crippen LogP) is 3.84. The molecular formula is C21H18F2N4O. The van der Waals surface area contributed by atoms with Crippen LogP contribution in [0, 0.1) is 23.0 Å². The van der Waals surface area contributed by atoms with Gasteiger partial charge in [0.25, 0.3) is 0 Å². The monoisotopic (exact) mass is 380 g/mol. The number of carbonyl (C=O) groups is 1. The second-order valence-corrected chi connectivity index (χ2v) is 6.42. The summed E-state index contributed by atoms with van der Waals surface area (Å²) < 4.78 is 28.2. The minimum absolute atomic E-state index is 0.0254. The highest BCUT2D eigenvalue weighted by Gasteiger charge is 2.09. The number of fused-ring (bicyclic) bond motifs is 1. The summed E-state index contributed by atoms with van der Waals surface area (Å²) in [4.78, 5) is 12.1. The lowest BCUT2D eigenvalue weighted by Gasteiger charge is -2.09. The third kappa shape index (κ3) is 4.60. The van der Waals surface area contributed by atoms with Crippen molar-refractivity contribution in [3.63, 3.8) is 0 Å². The second kappa shape index (κ2) is 8.44. The molecular weight excluding hydrogens is 362 g/mol. The van der Waals surface area contributed by atoms with Crippen LogP contribution < -0.4 is 5.32 Å². The molecule has 0 fully saturated rings. The second-order valence-electron chi connectivity index (χ2n) is 6.42. The van der Waals surface area contributed by atoms with E-state index in [0.29, 0.717) is 36.1 Å². The number of carbonyl (C=O) groups excluding carboxylic acids is 1. The van der Waals surface area contributed by atoms with E-state index in [4.69, 9.17) is 5.26 Å². The van der Waals surface area contributed by atoms with Gasteiger partial charge in [-0.05, 0) is 48.7 Å². The smallest absolute Gasteiger partial charge is 0.246 e. The topological polar surface area (TPSA) is 70.7 Å². The Kier molecular flexibility index (Phi) is 5.80. The highest BCUT2D eigenvalue weighted by atomic mass is 19.1. The van der Waals surface area contributed by atoms with Crippen molar-refractivity contribution in [1.82, 2.24) is 15.1 Å². The lowest BCUT2D eigenvalue weighted by atomic mass is 10.1. The van der Waals surface area contributed by atoms with Crippen LogP contribution in [0.3, 0.4) is 0 Å².